The van der Waals surface area contributed by atoms with E-state index in [0.29, 0.717) is 51.8 Å². The van der Waals surface area contributed by atoms with Gasteiger partial charge < -0.3 is 10.1 Å². The maximum atomic E-state index is 13.7. The highest BCUT2D eigenvalue weighted by atomic mass is 16.5. The number of rotatable bonds is 7. The van der Waals surface area contributed by atoms with E-state index in [9.17, 15) is 9.59 Å². The van der Waals surface area contributed by atoms with E-state index in [0.717, 1.165) is 5.56 Å². The van der Waals surface area contributed by atoms with E-state index >= 15 is 0 Å². The molecule has 0 spiro atoms. The fourth-order valence-corrected chi connectivity index (χ4v) is 4.27. The van der Waals surface area contributed by atoms with Crippen molar-refractivity contribution >= 4 is 22.8 Å². The van der Waals surface area contributed by atoms with Crippen LogP contribution in [0.25, 0.3) is 16.9 Å². The molecule has 0 atom stereocenters. The highest BCUT2D eigenvalue weighted by Crippen LogP contribution is 2.22. The minimum atomic E-state index is -0.328. The molecule has 0 aliphatic carbocycles. The first-order valence-corrected chi connectivity index (χ1v) is 12.5. The van der Waals surface area contributed by atoms with Crippen LogP contribution >= 0.6 is 0 Å². The molecular formula is C31H22N6O3. The summed E-state index contributed by atoms with van der Waals surface area (Å²) in [6.07, 6.45) is 6.97. The summed E-state index contributed by atoms with van der Waals surface area (Å²) >= 11 is 0. The van der Waals surface area contributed by atoms with Crippen molar-refractivity contribution in [2.24, 2.45) is 0 Å². The number of hydrogen-bond acceptors (Lipinski definition) is 7. The normalized spacial score (nSPS) is 10.8. The highest BCUT2D eigenvalue weighted by molar-refractivity contribution is 6.04. The van der Waals surface area contributed by atoms with E-state index in [-0.39, 0.29) is 11.5 Å². The van der Waals surface area contributed by atoms with Gasteiger partial charge in [0.25, 0.3) is 11.5 Å². The van der Waals surface area contributed by atoms with Crippen molar-refractivity contribution in [2.45, 2.75) is 6.42 Å². The van der Waals surface area contributed by atoms with Crippen molar-refractivity contribution in [1.82, 2.24) is 24.5 Å². The molecule has 194 valence electrons. The molecule has 9 nitrogen and oxygen atoms in total. The van der Waals surface area contributed by atoms with Crippen molar-refractivity contribution in [3.8, 4) is 17.3 Å². The van der Waals surface area contributed by atoms with Crippen LogP contribution in [0.2, 0.25) is 0 Å². The van der Waals surface area contributed by atoms with Crippen LogP contribution in [-0.2, 0) is 6.42 Å². The van der Waals surface area contributed by atoms with Crippen LogP contribution in [0.5, 0.6) is 11.6 Å². The smallest absolute Gasteiger partial charge is 0.278 e. The number of benzene rings is 2. The molecule has 0 radical (unpaired) electrons. The van der Waals surface area contributed by atoms with Crippen LogP contribution in [0.3, 0.4) is 0 Å². The zero-order valence-corrected chi connectivity index (χ0v) is 21.1. The van der Waals surface area contributed by atoms with Crippen molar-refractivity contribution in [3.05, 3.63) is 143 Å². The van der Waals surface area contributed by atoms with Crippen molar-refractivity contribution in [2.75, 3.05) is 5.32 Å². The molecule has 2 aromatic carbocycles. The lowest BCUT2D eigenvalue weighted by molar-refractivity contribution is 0.102. The fourth-order valence-electron chi connectivity index (χ4n) is 4.27. The first-order valence-electron chi connectivity index (χ1n) is 12.5. The molecule has 1 amide bonds. The van der Waals surface area contributed by atoms with Gasteiger partial charge in [0, 0.05) is 48.5 Å². The number of aromatic nitrogens is 5. The lowest BCUT2D eigenvalue weighted by Crippen LogP contribution is -2.25. The van der Waals surface area contributed by atoms with Gasteiger partial charge in [-0.05, 0) is 66.2 Å². The van der Waals surface area contributed by atoms with Gasteiger partial charge in [-0.3, -0.25) is 19.1 Å². The van der Waals surface area contributed by atoms with Crippen LogP contribution in [0.4, 0.5) is 5.69 Å². The zero-order chi connectivity index (χ0) is 27.3. The molecule has 0 saturated heterocycles. The predicted molar refractivity (Wildman–Crippen MR) is 151 cm³/mol. The fraction of sp³-hybridized carbons (Fsp3) is 0.0323. The summed E-state index contributed by atoms with van der Waals surface area (Å²) in [5.41, 5.74) is 3.42. The van der Waals surface area contributed by atoms with Gasteiger partial charge in [0.2, 0.25) is 5.88 Å². The largest absolute Gasteiger partial charge is 0.439 e. The monoisotopic (exact) mass is 526 g/mol. The summed E-state index contributed by atoms with van der Waals surface area (Å²) < 4.78 is 7.28. The molecule has 0 unspecified atom stereocenters. The van der Waals surface area contributed by atoms with Crippen LogP contribution in [-0.4, -0.2) is 30.4 Å². The summed E-state index contributed by atoms with van der Waals surface area (Å²) in [5, 5.41) is 2.91. The summed E-state index contributed by atoms with van der Waals surface area (Å²) in [6.45, 7) is 0. The van der Waals surface area contributed by atoms with E-state index in [1.807, 2.05) is 24.3 Å². The summed E-state index contributed by atoms with van der Waals surface area (Å²) in [6, 6.07) is 26.6. The zero-order valence-electron chi connectivity index (χ0n) is 21.1. The minimum absolute atomic E-state index is 0.294. The average Bonchev–Trinajstić information content (AvgIpc) is 2.99. The van der Waals surface area contributed by atoms with Gasteiger partial charge in [-0.2, -0.15) is 0 Å². The third-order valence-electron chi connectivity index (χ3n) is 6.10. The van der Waals surface area contributed by atoms with Gasteiger partial charge in [0.1, 0.15) is 17.0 Å². The molecule has 4 heterocycles. The van der Waals surface area contributed by atoms with Gasteiger partial charge in [-0.1, -0.05) is 24.3 Å². The van der Waals surface area contributed by atoms with Crippen LogP contribution < -0.4 is 15.6 Å². The Morgan fingerprint density at radius 3 is 2.58 bits per heavy atom. The van der Waals surface area contributed by atoms with Gasteiger partial charge in [0.05, 0.1) is 5.69 Å². The molecule has 9 heteroatoms. The summed E-state index contributed by atoms with van der Waals surface area (Å²) in [5.74, 6) is 0.590. The number of pyridine rings is 3. The Morgan fingerprint density at radius 1 is 0.850 bits per heavy atom. The van der Waals surface area contributed by atoms with Crippen molar-refractivity contribution in [1.29, 1.82) is 0 Å². The Hall–Kier alpha value is -5.70. The number of anilines is 1. The van der Waals surface area contributed by atoms with E-state index in [2.05, 4.69) is 25.3 Å². The number of nitrogens with zero attached hydrogens (tertiary/aromatic N) is 5. The number of carbonyl (C=O) groups excluding carboxylic acids is 1. The Kier molecular flexibility index (Phi) is 6.75. The molecule has 1 N–H and O–H groups in total. The second-order valence-electron chi connectivity index (χ2n) is 8.89. The lowest BCUT2D eigenvalue weighted by atomic mass is 10.1. The molecule has 0 fully saturated rings. The maximum Gasteiger partial charge on any atom is 0.278 e. The van der Waals surface area contributed by atoms with E-state index < -0.39 is 0 Å². The van der Waals surface area contributed by atoms with Gasteiger partial charge in [0.15, 0.2) is 5.65 Å². The number of ether oxygens (including phenoxy) is 1. The average molecular weight is 527 g/mol. The number of hydrogen-bond donors (Lipinski definition) is 1. The van der Waals surface area contributed by atoms with Crippen LogP contribution in [0.15, 0.2) is 121 Å². The Bertz CT molecular complexity index is 1870. The van der Waals surface area contributed by atoms with E-state index in [1.54, 1.807) is 91.5 Å². The van der Waals surface area contributed by atoms with E-state index in [1.165, 1.54) is 4.57 Å². The highest BCUT2D eigenvalue weighted by Gasteiger charge is 2.15. The Labute approximate surface area is 228 Å². The third kappa shape index (κ3) is 5.30. The minimum Gasteiger partial charge on any atom is -0.439 e. The maximum absolute atomic E-state index is 13.7. The molecule has 6 aromatic rings. The molecule has 6 rings (SSSR count). The second kappa shape index (κ2) is 11.0. The van der Waals surface area contributed by atoms with Crippen molar-refractivity contribution in [3.63, 3.8) is 0 Å². The van der Waals surface area contributed by atoms with Gasteiger partial charge in [-0.15, -0.1) is 0 Å². The molecule has 0 aliphatic rings. The Balaban J connectivity index is 1.31. The van der Waals surface area contributed by atoms with Crippen LogP contribution in [0, 0.1) is 0 Å². The van der Waals surface area contributed by atoms with E-state index in [4.69, 9.17) is 4.74 Å². The standard InChI is InChI=1S/C31H22N6O3/c38-30(22-8-3-11-25(18-22)40-28-13-1-2-15-33-28)35-23-9-4-10-24(19-23)37-29-26(12-6-16-34-29)36-27(31(37)39)17-21-7-5-14-32-20-21/h1-16,18-20H,17H2,(H,35,38). The first-order chi connectivity index (χ1) is 19.6. The predicted octanol–water partition coefficient (Wildman–Crippen LogP) is 5.21. The van der Waals surface area contributed by atoms with Gasteiger partial charge in [-0.25, -0.2) is 15.0 Å². The number of amides is 1. The number of fused-ring (bicyclic) bond motifs is 1. The molecule has 4 aromatic heterocycles. The summed E-state index contributed by atoms with van der Waals surface area (Å²) in [4.78, 5) is 44.1. The summed E-state index contributed by atoms with van der Waals surface area (Å²) in [7, 11) is 0. The molecule has 0 saturated carbocycles. The topological polar surface area (TPSA) is 112 Å². The molecule has 40 heavy (non-hydrogen) atoms. The SMILES string of the molecule is O=C(Nc1cccc(-n2c(=O)c(Cc3cccnc3)nc3cccnc32)c1)c1cccc(Oc2ccccn2)c1. The third-order valence-corrected chi connectivity index (χ3v) is 6.10. The molecule has 0 aliphatic heterocycles. The number of nitrogens with one attached hydrogen (secondary N) is 1. The van der Waals surface area contributed by atoms with Gasteiger partial charge >= 0.3 is 0 Å². The Morgan fingerprint density at radius 2 is 1.73 bits per heavy atom. The lowest BCUT2D eigenvalue weighted by Gasteiger charge is -2.13. The van der Waals surface area contributed by atoms with Crippen LogP contribution in [0.1, 0.15) is 21.6 Å². The first kappa shape index (κ1) is 24.6. The number of carbonyl (C=O) groups is 1. The second-order valence-corrected chi connectivity index (χ2v) is 8.89. The quantitative estimate of drug-likeness (QED) is 0.304. The molecular weight excluding hydrogens is 504 g/mol. The molecule has 0 bridgehead atoms. The van der Waals surface area contributed by atoms with Crippen molar-refractivity contribution < 1.29 is 9.53 Å².